The highest BCUT2D eigenvalue weighted by molar-refractivity contribution is 7.99. The third-order valence-corrected chi connectivity index (χ3v) is 6.02. The molecule has 154 valence electrons. The summed E-state index contributed by atoms with van der Waals surface area (Å²) in [5.41, 5.74) is 1.73. The number of carboxylic acids is 1. The van der Waals surface area contributed by atoms with Crippen molar-refractivity contribution >= 4 is 35.4 Å². The van der Waals surface area contributed by atoms with E-state index in [4.69, 9.17) is 21.1 Å². The lowest BCUT2D eigenvalue weighted by atomic mass is 9.98. The molecular weight excluding hydrogens is 404 g/mol. The molecule has 1 aliphatic heterocycles. The molecule has 28 heavy (non-hydrogen) atoms. The first-order valence-electron chi connectivity index (χ1n) is 8.83. The van der Waals surface area contributed by atoms with Crippen LogP contribution in [0.3, 0.4) is 0 Å². The number of nitrogens with one attached hydrogen (secondary N) is 1. The molecule has 1 aliphatic rings. The first kappa shape index (κ1) is 22.5. The van der Waals surface area contributed by atoms with Crippen molar-refractivity contribution < 1.29 is 24.2 Å². The van der Waals surface area contributed by atoms with Gasteiger partial charge in [0.2, 0.25) is 0 Å². The fourth-order valence-electron chi connectivity index (χ4n) is 3.17. The minimum Gasteiger partial charge on any atom is -0.478 e. The minimum atomic E-state index is -0.990. The van der Waals surface area contributed by atoms with Crippen molar-refractivity contribution in [3.63, 3.8) is 0 Å². The van der Waals surface area contributed by atoms with E-state index in [1.807, 2.05) is 24.3 Å². The number of methoxy groups -OCH3 is 1. The van der Waals surface area contributed by atoms with Crippen LogP contribution in [-0.2, 0) is 14.3 Å². The van der Waals surface area contributed by atoms with Gasteiger partial charge in [0.05, 0.1) is 12.6 Å². The van der Waals surface area contributed by atoms with Gasteiger partial charge in [0, 0.05) is 43.6 Å². The topological polar surface area (TPSA) is 88.1 Å². The monoisotopic (exact) mass is 428 g/mol. The molecule has 0 bridgehead atoms. The normalized spacial score (nSPS) is 20.0. The molecule has 0 radical (unpaired) electrons. The van der Waals surface area contributed by atoms with Crippen LogP contribution in [0.5, 0.6) is 0 Å². The Morgan fingerprint density at radius 1 is 1.46 bits per heavy atom. The number of benzene rings is 1. The summed E-state index contributed by atoms with van der Waals surface area (Å²) in [5.74, 6) is -0.830. The van der Waals surface area contributed by atoms with Crippen LogP contribution < -0.4 is 5.32 Å². The zero-order valence-electron chi connectivity index (χ0n) is 15.9. The summed E-state index contributed by atoms with van der Waals surface area (Å²) >= 11 is 7.80. The number of hydrogen-bond acceptors (Lipinski definition) is 6. The number of ether oxygens (including phenoxy) is 2. The molecule has 0 aliphatic carbocycles. The van der Waals surface area contributed by atoms with Gasteiger partial charge in [-0.05, 0) is 23.6 Å². The average Bonchev–Trinajstić information content (AvgIpc) is 2.67. The van der Waals surface area contributed by atoms with Gasteiger partial charge < -0.3 is 19.9 Å². The molecule has 1 amide bonds. The summed E-state index contributed by atoms with van der Waals surface area (Å²) in [5, 5.41) is 12.3. The fraction of sp³-hybridized carbons (Fsp3) is 0.474. The van der Waals surface area contributed by atoms with Crippen LogP contribution in [0.4, 0.5) is 4.79 Å². The molecule has 9 heteroatoms. The number of carbonyl (C=O) groups is 2. The Hall–Kier alpha value is -1.74. The summed E-state index contributed by atoms with van der Waals surface area (Å²) < 4.78 is 10.4. The molecule has 0 saturated carbocycles. The first-order valence-corrected chi connectivity index (χ1v) is 10.3. The van der Waals surface area contributed by atoms with Gasteiger partial charge in [-0.15, -0.1) is 11.8 Å². The van der Waals surface area contributed by atoms with E-state index in [1.54, 1.807) is 7.11 Å². The van der Waals surface area contributed by atoms with Crippen LogP contribution in [0.25, 0.3) is 0 Å². The maximum absolute atomic E-state index is 11.3. The molecule has 1 aromatic carbocycles. The molecule has 7 nitrogen and oxygen atoms in total. The zero-order chi connectivity index (χ0) is 20.5. The minimum absolute atomic E-state index is 0.0357. The third-order valence-electron chi connectivity index (χ3n) is 4.48. The predicted octanol–water partition coefficient (Wildman–Crippen LogP) is 3.16. The van der Waals surface area contributed by atoms with Crippen LogP contribution in [0.1, 0.15) is 18.0 Å². The highest BCUT2D eigenvalue weighted by atomic mass is 35.5. The van der Waals surface area contributed by atoms with Gasteiger partial charge in [-0.2, -0.15) is 0 Å². The van der Waals surface area contributed by atoms with Gasteiger partial charge in [0.1, 0.15) is 5.94 Å². The number of hydrogen-bond donors (Lipinski definition) is 2. The van der Waals surface area contributed by atoms with E-state index in [2.05, 4.69) is 10.2 Å². The van der Waals surface area contributed by atoms with Gasteiger partial charge in [-0.3, -0.25) is 4.90 Å². The number of nitrogens with zero attached hydrogens (tertiary/aromatic N) is 1. The molecular formula is C19H25ClN2O5S. The van der Waals surface area contributed by atoms with Gasteiger partial charge >= 0.3 is 12.1 Å². The van der Waals surface area contributed by atoms with Crippen LogP contribution in [-0.4, -0.2) is 67.1 Å². The molecule has 1 heterocycles. The van der Waals surface area contributed by atoms with Crippen LogP contribution >= 0.6 is 23.4 Å². The number of carboxylic acid groups (broad SMARTS) is 1. The molecule has 1 aromatic rings. The number of thioether (sulfide) groups is 1. The maximum atomic E-state index is 11.3. The third kappa shape index (κ3) is 6.41. The van der Waals surface area contributed by atoms with E-state index in [9.17, 15) is 14.7 Å². The summed E-state index contributed by atoms with van der Waals surface area (Å²) in [7, 11) is 3.13. The molecule has 0 aromatic heterocycles. The molecule has 1 fully saturated rings. The van der Waals surface area contributed by atoms with Gasteiger partial charge in [0.25, 0.3) is 0 Å². The fourth-order valence-corrected chi connectivity index (χ4v) is 4.40. The van der Waals surface area contributed by atoms with Crippen molar-refractivity contribution in [3.05, 3.63) is 46.5 Å². The molecule has 2 atom stereocenters. The number of piperidine rings is 1. The zero-order valence-corrected chi connectivity index (χ0v) is 17.5. The van der Waals surface area contributed by atoms with E-state index >= 15 is 0 Å². The van der Waals surface area contributed by atoms with E-state index in [0.717, 1.165) is 24.1 Å². The first-order chi connectivity index (χ1) is 13.5. The predicted molar refractivity (Wildman–Crippen MR) is 110 cm³/mol. The number of rotatable bonds is 8. The number of alkyl carbamates (subject to hydrolysis) is 1. The second-order valence-corrected chi connectivity index (χ2v) is 7.81. The van der Waals surface area contributed by atoms with Gasteiger partial charge in [-0.25, -0.2) is 9.59 Å². The number of carbonyl (C=O) groups excluding carboxylic acids is 1. The molecule has 0 spiro atoms. The smallest absolute Gasteiger partial charge is 0.407 e. The summed E-state index contributed by atoms with van der Waals surface area (Å²) in [6.07, 6.45) is 1.47. The average molecular weight is 429 g/mol. The summed E-state index contributed by atoms with van der Waals surface area (Å²) in [6, 6.07) is 7.53. The van der Waals surface area contributed by atoms with Crippen LogP contribution in [0.2, 0.25) is 5.02 Å². The van der Waals surface area contributed by atoms with Crippen molar-refractivity contribution in [2.75, 3.05) is 39.8 Å². The highest BCUT2D eigenvalue weighted by Crippen LogP contribution is 2.34. The number of amides is 1. The Kier molecular flexibility index (Phi) is 9.11. The standard InChI is InChI=1S/C19H25ClN2O5S/c1-21-19(25)27-12-28-17-7-8-22(10-13(17)9-18(23)24)16(11-26-2)14-5-3-4-6-15(14)20/h3-6,9,16-17H,7-8,10-12H2,1-2H3,(H,21,25)(H,23,24)/b13-9-/t16-,17?/m1/s1. The molecule has 1 unspecified atom stereocenters. The van der Waals surface area contributed by atoms with E-state index in [0.29, 0.717) is 18.2 Å². The van der Waals surface area contributed by atoms with Gasteiger partial charge in [0.15, 0.2) is 0 Å². The van der Waals surface area contributed by atoms with Crippen LogP contribution in [0.15, 0.2) is 35.9 Å². The maximum Gasteiger partial charge on any atom is 0.407 e. The van der Waals surface area contributed by atoms with Crippen molar-refractivity contribution in [3.8, 4) is 0 Å². The number of likely N-dealkylation sites (tertiary alicyclic amines) is 1. The van der Waals surface area contributed by atoms with E-state index in [-0.39, 0.29) is 17.2 Å². The Labute approximate surface area is 174 Å². The SMILES string of the molecule is CNC(=O)OCSC1CCN([C@H](COC)c2ccccc2Cl)C/C1=C/C(=O)O. The number of halogens is 1. The Morgan fingerprint density at radius 3 is 2.86 bits per heavy atom. The second kappa shape index (κ2) is 11.3. The molecule has 1 saturated heterocycles. The van der Waals surface area contributed by atoms with Crippen molar-refractivity contribution in [2.24, 2.45) is 0 Å². The van der Waals surface area contributed by atoms with Crippen molar-refractivity contribution in [1.82, 2.24) is 10.2 Å². The van der Waals surface area contributed by atoms with E-state index in [1.165, 1.54) is 24.9 Å². The largest absolute Gasteiger partial charge is 0.478 e. The van der Waals surface area contributed by atoms with Crippen LogP contribution in [0, 0.1) is 0 Å². The lowest BCUT2D eigenvalue weighted by molar-refractivity contribution is -0.131. The highest BCUT2D eigenvalue weighted by Gasteiger charge is 2.31. The summed E-state index contributed by atoms with van der Waals surface area (Å²) in [4.78, 5) is 24.7. The van der Waals surface area contributed by atoms with Crippen molar-refractivity contribution in [2.45, 2.75) is 17.7 Å². The molecule has 2 rings (SSSR count). The van der Waals surface area contributed by atoms with Gasteiger partial charge in [-0.1, -0.05) is 29.8 Å². The number of aliphatic carboxylic acids is 1. The van der Waals surface area contributed by atoms with E-state index < -0.39 is 12.1 Å². The lowest BCUT2D eigenvalue weighted by Crippen LogP contribution is -2.41. The quantitative estimate of drug-likeness (QED) is 0.485. The second-order valence-electron chi connectivity index (χ2n) is 6.26. The Balaban J connectivity index is 2.14. The lowest BCUT2D eigenvalue weighted by Gasteiger charge is -2.39. The van der Waals surface area contributed by atoms with Crippen molar-refractivity contribution in [1.29, 1.82) is 0 Å². The Bertz CT molecular complexity index is 715. The summed E-state index contributed by atoms with van der Waals surface area (Å²) in [6.45, 7) is 1.67. The Morgan fingerprint density at radius 2 is 2.21 bits per heavy atom. The molecule has 2 N–H and O–H groups in total.